The van der Waals surface area contributed by atoms with Crippen molar-refractivity contribution in [2.75, 3.05) is 19.6 Å². The number of rotatable bonds is 1. The van der Waals surface area contributed by atoms with Crippen molar-refractivity contribution in [2.24, 2.45) is 0 Å². The second-order valence-electron chi connectivity index (χ2n) is 3.26. The van der Waals surface area contributed by atoms with E-state index < -0.39 is 0 Å². The van der Waals surface area contributed by atoms with Crippen LogP contribution in [0.15, 0.2) is 24.3 Å². The van der Waals surface area contributed by atoms with E-state index in [4.69, 9.17) is 11.6 Å². The van der Waals surface area contributed by atoms with Crippen LogP contribution in [0.5, 0.6) is 0 Å². The van der Waals surface area contributed by atoms with Gasteiger partial charge in [-0.1, -0.05) is 23.7 Å². The Morgan fingerprint density at radius 2 is 1.73 bits per heavy atom. The fourth-order valence-corrected chi connectivity index (χ4v) is 1.71. The average Bonchev–Trinajstić information content (AvgIpc) is 2.20. The summed E-state index contributed by atoms with van der Waals surface area (Å²) in [5, 5.41) is 7.60. The van der Waals surface area contributed by atoms with Gasteiger partial charge in [-0.05, 0) is 17.7 Å². The van der Waals surface area contributed by atoms with Gasteiger partial charge in [-0.25, -0.2) is 0 Å². The minimum absolute atomic E-state index is 0. The molecule has 1 aromatic carbocycles. The summed E-state index contributed by atoms with van der Waals surface area (Å²) in [7, 11) is 0. The summed E-state index contributed by atoms with van der Waals surface area (Å²) in [5.74, 6) is 0. The lowest BCUT2D eigenvalue weighted by Gasteiger charge is -2.24. The van der Waals surface area contributed by atoms with E-state index in [1.807, 2.05) is 12.1 Å². The normalized spacial score (nSPS) is 19.9. The number of halogens is 3. The summed E-state index contributed by atoms with van der Waals surface area (Å²) < 4.78 is 0. The van der Waals surface area contributed by atoms with Crippen LogP contribution in [0.25, 0.3) is 0 Å². The van der Waals surface area contributed by atoms with Gasteiger partial charge >= 0.3 is 0 Å². The Kier molecular flexibility index (Phi) is 7.32. The van der Waals surface area contributed by atoms with Crippen LogP contribution < -0.4 is 10.6 Å². The van der Waals surface area contributed by atoms with Crippen LogP contribution >= 0.6 is 36.4 Å². The first-order valence-corrected chi connectivity index (χ1v) is 4.93. The molecule has 0 aromatic heterocycles. The van der Waals surface area contributed by atoms with E-state index in [0.717, 1.165) is 24.7 Å². The molecule has 1 aliphatic heterocycles. The molecule has 1 heterocycles. The molecule has 0 aliphatic carbocycles. The molecule has 2 rings (SSSR count). The lowest BCUT2D eigenvalue weighted by atomic mass is 10.1. The molecule has 0 radical (unpaired) electrons. The maximum Gasteiger partial charge on any atom is 0.0447 e. The molecule has 2 nitrogen and oxygen atoms in total. The first kappa shape index (κ1) is 15.0. The Bertz CT molecular complexity index is 271. The zero-order valence-electron chi connectivity index (χ0n) is 8.20. The number of nitrogens with one attached hydrogen (secondary N) is 2. The van der Waals surface area contributed by atoms with E-state index >= 15 is 0 Å². The standard InChI is InChI=1S/C10H13ClN2.2ClH/c11-9-3-1-8(2-4-9)10-7-12-5-6-13-10;;/h1-4,10,12-13H,5-7H2;2*1H. The summed E-state index contributed by atoms with van der Waals surface area (Å²) in [6.45, 7) is 3.10. The SMILES string of the molecule is Cl.Cl.Clc1ccc(C2CNCCN2)cc1. The van der Waals surface area contributed by atoms with E-state index in [0.29, 0.717) is 6.04 Å². The van der Waals surface area contributed by atoms with Crippen LogP contribution in [0.1, 0.15) is 11.6 Å². The molecule has 5 heteroatoms. The topological polar surface area (TPSA) is 24.1 Å². The predicted molar refractivity (Wildman–Crippen MR) is 69.6 cm³/mol. The molecule has 0 spiro atoms. The molecule has 1 unspecified atom stereocenters. The van der Waals surface area contributed by atoms with Gasteiger partial charge < -0.3 is 10.6 Å². The molecule has 1 atom stereocenters. The second-order valence-corrected chi connectivity index (χ2v) is 3.70. The maximum absolute atomic E-state index is 5.81. The van der Waals surface area contributed by atoms with Crippen molar-refractivity contribution >= 4 is 36.4 Å². The molecular weight excluding hydrogens is 254 g/mol. The highest BCUT2D eigenvalue weighted by atomic mass is 35.5. The summed E-state index contributed by atoms with van der Waals surface area (Å²) in [5.41, 5.74) is 1.30. The van der Waals surface area contributed by atoms with Crippen molar-refractivity contribution in [3.05, 3.63) is 34.9 Å². The Morgan fingerprint density at radius 3 is 2.27 bits per heavy atom. The molecule has 1 aromatic rings. The van der Waals surface area contributed by atoms with Crippen molar-refractivity contribution < 1.29 is 0 Å². The summed E-state index contributed by atoms with van der Waals surface area (Å²) >= 11 is 5.81. The number of hydrogen-bond acceptors (Lipinski definition) is 2. The van der Waals surface area contributed by atoms with Gasteiger partial charge in [-0.15, -0.1) is 24.8 Å². The van der Waals surface area contributed by atoms with Crippen LogP contribution in [-0.4, -0.2) is 19.6 Å². The lowest BCUT2D eigenvalue weighted by molar-refractivity contribution is 0.430. The van der Waals surface area contributed by atoms with E-state index in [9.17, 15) is 0 Å². The Labute approximate surface area is 108 Å². The number of hydrogen-bond donors (Lipinski definition) is 2. The zero-order chi connectivity index (χ0) is 9.10. The minimum Gasteiger partial charge on any atom is -0.314 e. The number of benzene rings is 1. The molecular formula is C10H15Cl3N2. The fraction of sp³-hybridized carbons (Fsp3) is 0.400. The van der Waals surface area contributed by atoms with Gasteiger partial charge in [-0.3, -0.25) is 0 Å². The molecule has 0 bridgehead atoms. The van der Waals surface area contributed by atoms with Crippen LogP contribution in [0, 0.1) is 0 Å². The summed E-state index contributed by atoms with van der Waals surface area (Å²) in [6, 6.07) is 8.46. The zero-order valence-corrected chi connectivity index (χ0v) is 10.6. The van der Waals surface area contributed by atoms with Crippen molar-refractivity contribution in [1.29, 1.82) is 0 Å². The number of piperazine rings is 1. The van der Waals surface area contributed by atoms with Crippen LogP contribution in [0.4, 0.5) is 0 Å². The van der Waals surface area contributed by atoms with E-state index in [-0.39, 0.29) is 24.8 Å². The highest BCUT2D eigenvalue weighted by Gasteiger charge is 2.13. The monoisotopic (exact) mass is 268 g/mol. The third-order valence-electron chi connectivity index (χ3n) is 2.31. The summed E-state index contributed by atoms with van der Waals surface area (Å²) in [4.78, 5) is 0. The van der Waals surface area contributed by atoms with Crippen LogP contribution in [0.3, 0.4) is 0 Å². The first-order chi connectivity index (χ1) is 6.36. The van der Waals surface area contributed by atoms with Gasteiger partial charge in [0.25, 0.3) is 0 Å². The minimum atomic E-state index is 0. The van der Waals surface area contributed by atoms with Crippen molar-refractivity contribution in [3.8, 4) is 0 Å². The Balaban J connectivity index is 0.000000980. The van der Waals surface area contributed by atoms with Crippen LogP contribution in [0.2, 0.25) is 5.02 Å². The highest BCUT2D eigenvalue weighted by molar-refractivity contribution is 6.30. The lowest BCUT2D eigenvalue weighted by Crippen LogP contribution is -2.42. The molecule has 86 valence electrons. The van der Waals surface area contributed by atoms with Gasteiger partial charge in [0.15, 0.2) is 0 Å². The van der Waals surface area contributed by atoms with Gasteiger partial charge in [0.2, 0.25) is 0 Å². The van der Waals surface area contributed by atoms with Crippen molar-refractivity contribution in [2.45, 2.75) is 6.04 Å². The molecule has 1 saturated heterocycles. The third-order valence-corrected chi connectivity index (χ3v) is 2.57. The molecule has 1 aliphatic rings. The Morgan fingerprint density at radius 1 is 1.07 bits per heavy atom. The summed E-state index contributed by atoms with van der Waals surface area (Å²) in [6.07, 6.45) is 0. The van der Waals surface area contributed by atoms with Crippen LogP contribution in [-0.2, 0) is 0 Å². The Hall–Kier alpha value is 0.01000. The molecule has 1 fully saturated rings. The fourth-order valence-electron chi connectivity index (χ4n) is 1.58. The quantitative estimate of drug-likeness (QED) is 0.818. The predicted octanol–water partition coefficient (Wildman–Crippen LogP) is 2.42. The highest BCUT2D eigenvalue weighted by Crippen LogP contribution is 2.16. The van der Waals surface area contributed by atoms with Crippen molar-refractivity contribution in [1.82, 2.24) is 10.6 Å². The smallest absolute Gasteiger partial charge is 0.0447 e. The van der Waals surface area contributed by atoms with Gasteiger partial charge in [0.05, 0.1) is 0 Å². The molecule has 2 N–H and O–H groups in total. The van der Waals surface area contributed by atoms with Gasteiger partial charge in [0, 0.05) is 30.7 Å². The van der Waals surface area contributed by atoms with E-state index in [2.05, 4.69) is 22.8 Å². The largest absolute Gasteiger partial charge is 0.314 e. The first-order valence-electron chi connectivity index (χ1n) is 4.56. The third kappa shape index (κ3) is 4.17. The van der Waals surface area contributed by atoms with E-state index in [1.54, 1.807) is 0 Å². The molecule has 0 amide bonds. The average molecular weight is 270 g/mol. The maximum atomic E-state index is 5.81. The molecule has 0 saturated carbocycles. The van der Waals surface area contributed by atoms with Gasteiger partial charge in [0.1, 0.15) is 0 Å². The van der Waals surface area contributed by atoms with Gasteiger partial charge in [-0.2, -0.15) is 0 Å². The second kappa shape index (κ2) is 7.31. The van der Waals surface area contributed by atoms with Crippen molar-refractivity contribution in [3.63, 3.8) is 0 Å². The molecule has 15 heavy (non-hydrogen) atoms. The van der Waals surface area contributed by atoms with E-state index in [1.165, 1.54) is 5.56 Å².